The first kappa shape index (κ1) is 17.0. The van der Waals surface area contributed by atoms with Gasteiger partial charge < -0.3 is 20.6 Å². The summed E-state index contributed by atoms with van der Waals surface area (Å²) in [6.07, 6.45) is 0.519. The van der Waals surface area contributed by atoms with Crippen LogP contribution in [0.2, 0.25) is 0 Å². The molecule has 0 spiro atoms. The highest BCUT2D eigenvalue weighted by molar-refractivity contribution is 5.96. The number of carbonyl (C=O) groups excluding carboxylic acids is 3. The quantitative estimate of drug-likeness (QED) is 0.681. The van der Waals surface area contributed by atoms with E-state index in [1.807, 2.05) is 0 Å². The molecule has 1 aromatic carbocycles. The molecule has 1 aliphatic heterocycles. The van der Waals surface area contributed by atoms with Crippen LogP contribution < -0.4 is 10.6 Å². The number of urea groups is 1. The summed E-state index contributed by atoms with van der Waals surface area (Å²) in [6.45, 7) is 2.37. The Morgan fingerprint density at radius 2 is 2.17 bits per heavy atom. The number of ketones is 1. The van der Waals surface area contributed by atoms with Gasteiger partial charge in [-0.25, -0.2) is 4.79 Å². The SMILES string of the molecule is CC(=O)c1cccc(NC(=O)NC[C@@H](O)CN2CCCC2=O)c1. The van der Waals surface area contributed by atoms with Gasteiger partial charge >= 0.3 is 6.03 Å². The first-order chi connectivity index (χ1) is 11.0. The van der Waals surface area contributed by atoms with E-state index >= 15 is 0 Å². The minimum atomic E-state index is -0.814. The Balaban J connectivity index is 1.77. The van der Waals surface area contributed by atoms with E-state index in [4.69, 9.17) is 0 Å². The van der Waals surface area contributed by atoms with Gasteiger partial charge in [0.15, 0.2) is 5.78 Å². The second-order valence-electron chi connectivity index (χ2n) is 5.57. The van der Waals surface area contributed by atoms with Crippen molar-refractivity contribution in [2.75, 3.05) is 25.0 Å². The molecular formula is C16H21N3O4. The monoisotopic (exact) mass is 319 g/mol. The van der Waals surface area contributed by atoms with Crippen molar-refractivity contribution >= 4 is 23.4 Å². The third-order valence-electron chi connectivity index (χ3n) is 3.63. The Kier molecular flexibility index (Phi) is 5.70. The highest BCUT2D eigenvalue weighted by Gasteiger charge is 2.22. The molecule has 0 saturated carbocycles. The summed E-state index contributed by atoms with van der Waals surface area (Å²) in [4.78, 5) is 36.2. The Bertz CT molecular complexity index is 603. The van der Waals surface area contributed by atoms with Crippen LogP contribution in [-0.4, -0.2) is 53.5 Å². The van der Waals surface area contributed by atoms with Gasteiger partial charge in [0.25, 0.3) is 0 Å². The summed E-state index contributed by atoms with van der Waals surface area (Å²) in [5.74, 6) is -0.0469. The van der Waals surface area contributed by atoms with Gasteiger partial charge in [-0.05, 0) is 25.5 Å². The number of nitrogens with zero attached hydrogens (tertiary/aromatic N) is 1. The highest BCUT2D eigenvalue weighted by Crippen LogP contribution is 2.11. The zero-order valence-corrected chi connectivity index (χ0v) is 13.0. The van der Waals surface area contributed by atoms with Crippen LogP contribution in [-0.2, 0) is 4.79 Å². The Hall–Kier alpha value is -2.41. The number of aliphatic hydroxyl groups is 1. The molecule has 1 fully saturated rings. The van der Waals surface area contributed by atoms with Crippen LogP contribution in [0.1, 0.15) is 30.1 Å². The van der Waals surface area contributed by atoms with Gasteiger partial charge in [0, 0.05) is 37.3 Å². The van der Waals surface area contributed by atoms with E-state index in [2.05, 4.69) is 10.6 Å². The number of nitrogens with one attached hydrogen (secondary N) is 2. The number of β-amino-alcohol motifs (C(OH)–C–C–N with tert-alkyl or cyclic N) is 1. The van der Waals surface area contributed by atoms with Crippen molar-refractivity contribution in [3.8, 4) is 0 Å². The maximum Gasteiger partial charge on any atom is 0.319 e. The molecule has 1 atom stereocenters. The molecule has 3 N–H and O–H groups in total. The molecule has 2 rings (SSSR count). The number of carbonyl (C=O) groups is 3. The van der Waals surface area contributed by atoms with E-state index in [9.17, 15) is 19.5 Å². The van der Waals surface area contributed by atoms with Crippen molar-refractivity contribution in [3.63, 3.8) is 0 Å². The van der Waals surface area contributed by atoms with Gasteiger partial charge in [-0.15, -0.1) is 0 Å². The fraction of sp³-hybridized carbons (Fsp3) is 0.438. The lowest BCUT2D eigenvalue weighted by molar-refractivity contribution is -0.128. The van der Waals surface area contributed by atoms with Crippen LogP contribution in [0.3, 0.4) is 0 Å². The topological polar surface area (TPSA) is 98.7 Å². The van der Waals surface area contributed by atoms with Gasteiger partial charge in [0.1, 0.15) is 0 Å². The molecule has 0 radical (unpaired) electrons. The fourth-order valence-electron chi connectivity index (χ4n) is 2.42. The first-order valence-corrected chi connectivity index (χ1v) is 7.57. The van der Waals surface area contributed by atoms with E-state index in [1.165, 1.54) is 6.92 Å². The van der Waals surface area contributed by atoms with Crippen molar-refractivity contribution in [2.45, 2.75) is 25.9 Å². The van der Waals surface area contributed by atoms with E-state index < -0.39 is 12.1 Å². The number of rotatable bonds is 6. The number of likely N-dealkylation sites (tertiary alicyclic amines) is 1. The normalized spacial score (nSPS) is 15.4. The molecule has 3 amide bonds. The zero-order chi connectivity index (χ0) is 16.8. The molecule has 0 unspecified atom stereocenters. The van der Waals surface area contributed by atoms with Gasteiger partial charge in [0.05, 0.1) is 6.10 Å². The second-order valence-corrected chi connectivity index (χ2v) is 5.57. The summed E-state index contributed by atoms with van der Waals surface area (Å²) in [5.41, 5.74) is 1.01. The molecule has 7 nitrogen and oxygen atoms in total. The molecule has 0 aliphatic carbocycles. The molecule has 0 bridgehead atoms. The Labute approximate surface area is 134 Å². The lowest BCUT2D eigenvalue weighted by Crippen LogP contribution is -2.41. The molecular weight excluding hydrogens is 298 g/mol. The third-order valence-corrected chi connectivity index (χ3v) is 3.63. The van der Waals surface area contributed by atoms with Gasteiger partial charge in [-0.3, -0.25) is 9.59 Å². The molecule has 1 saturated heterocycles. The largest absolute Gasteiger partial charge is 0.389 e. The Morgan fingerprint density at radius 1 is 1.39 bits per heavy atom. The number of Topliss-reactive ketones (excluding diaryl/α,β-unsaturated/α-hetero) is 1. The summed E-state index contributed by atoms with van der Waals surface area (Å²) < 4.78 is 0. The lowest BCUT2D eigenvalue weighted by Gasteiger charge is -2.20. The van der Waals surface area contributed by atoms with E-state index in [0.717, 1.165) is 6.42 Å². The zero-order valence-electron chi connectivity index (χ0n) is 13.0. The Morgan fingerprint density at radius 3 is 2.83 bits per heavy atom. The number of amides is 3. The van der Waals surface area contributed by atoms with E-state index in [-0.39, 0.29) is 24.8 Å². The molecule has 1 aromatic rings. The molecule has 7 heteroatoms. The van der Waals surface area contributed by atoms with Crippen LogP contribution in [0, 0.1) is 0 Å². The highest BCUT2D eigenvalue weighted by atomic mass is 16.3. The van der Waals surface area contributed by atoms with Crippen LogP contribution in [0.5, 0.6) is 0 Å². The van der Waals surface area contributed by atoms with Crippen molar-refractivity contribution in [1.82, 2.24) is 10.2 Å². The fourth-order valence-corrected chi connectivity index (χ4v) is 2.42. The number of hydrogen-bond acceptors (Lipinski definition) is 4. The van der Waals surface area contributed by atoms with Gasteiger partial charge in [-0.1, -0.05) is 12.1 Å². The predicted octanol–water partition coefficient (Wildman–Crippen LogP) is 0.994. The van der Waals surface area contributed by atoms with Crippen molar-refractivity contribution in [2.24, 2.45) is 0 Å². The average molecular weight is 319 g/mol. The van der Waals surface area contributed by atoms with Gasteiger partial charge in [-0.2, -0.15) is 0 Å². The molecule has 124 valence electrons. The number of aliphatic hydroxyl groups excluding tert-OH is 1. The maximum atomic E-state index is 11.8. The van der Waals surface area contributed by atoms with Crippen LogP contribution in [0.15, 0.2) is 24.3 Å². The summed E-state index contributed by atoms with van der Waals surface area (Å²) >= 11 is 0. The summed E-state index contributed by atoms with van der Waals surface area (Å²) in [6, 6.07) is 6.13. The molecule has 1 aliphatic rings. The summed E-state index contributed by atoms with van der Waals surface area (Å²) in [5, 5.41) is 15.0. The standard InChI is InChI=1S/C16H21N3O4/c1-11(20)12-4-2-5-13(8-12)18-16(23)17-9-14(21)10-19-7-3-6-15(19)22/h2,4-5,8,14,21H,3,6-7,9-10H2,1H3,(H2,17,18,23)/t14-/m1/s1. The maximum absolute atomic E-state index is 11.8. The predicted molar refractivity (Wildman–Crippen MR) is 85.3 cm³/mol. The smallest absolute Gasteiger partial charge is 0.319 e. The second kappa shape index (κ2) is 7.73. The molecule has 23 heavy (non-hydrogen) atoms. The number of hydrogen-bond donors (Lipinski definition) is 3. The number of anilines is 1. The lowest BCUT2D eigenvalue weighted by atomic mass is 10.1. The van der Waals surface area contributed by atoms with Crippen molar-refractivity contribution in [3.05, 3.63) is 29.8 Å². The van der Waals surface area contributed by atoms with Gasteiger partial charge in [0.2, 0.25) is 5.91 Å². The average Bonchev–Trinajstić information content (AvgIpc) is 2.90. The minimum Gasteiger partial charge on any atom is -0.389 e. The van der Waals surface area contributed by atoms with Crippen molar-refractivity contribution in [1.29, 1.82) is 0 Å². The third kappa shape index (κ3) is 5.07. The van der Waals surface area contributed by atoms with Crippen molar-refractivity contribution < 1.29 is 19.5 Å². The molecule has 0 aromatic heterocycles. The number of benzene rings is 1. The van der Waals surface area contributed by atoms with E-state index in [1.54, 1.807) is 29.2 Å². The van der Waals surface area contributed by atoms with Crippen LogP contribution in [0.25, 0.3) is 0 Å². The minimum absolute atomic E-state index is 0.0366. The van der Waals surface area contributed by atoms with Crippen LogP contribution in [0.4, 0.5) is 10.5 Å². The summed E-state index contributed by atoms with van der Waals surface area (Å²) in [7, 11) is 0. The van der Waals surface area contributed by atoms with Crippen LogP contribution >= 0.6 is 0 Å². The first-order valence-electron chi connectivity index (χ1n) is 7.57. The molecule has 1 heterocycles. The van der Waals surface area contributed by atoms with E-state index in [0.29, 0.717) is 24.2 Å².